The lowest BCUT2D eigenvalue weighted by molar-refractivity contribution is -0.131. The summed E-state index contributed by atoms with van der Waals surface area (Å²) in [5.74, 6) is -2.26. The molecular weight excluding hydrogens is 237 g/mol. The van der Waals surface area contributed by atoms with Gasteiger partial charge in [-0.1, -0.05) is 6.07 Å². The van der Waals surface area contributed by atoms with Gasteiger partial charge in [0.05, 0.1) is 5.56 Å². The minimum atomic E-state index is -1.10. The highest BCUT2D eigenvalue weighted by atomic mass is 19.1. The van der Waals surface area contributed by atoms with Crippen molar-refractivity contribution < 1.29 is 19.1 Å². The van der Waals surface area contributed by atoms with Gasteiger partial charge in [-0.05, 0) is 37.6 Å². The highest BCUT2D eigenvalue weighted by Gasteiger charge is 2.12. The molecule has 96 valence electrons. The number of carbonyl (C=O) groups excluding carboxylic acids is 1. The topological polar surface area (TPSA) is 66.4 Å². The van der Waals surface area contributed by atoms with Crippen LogP contribution in [0.3, 0.4) is 0 Å². The smallest absolute Gasteiger partial charge is 0.328 e. The molecule has 1 aromatic carbocycles. The van der Waals surface area contributed by atoms with Crippen LogP contribution < -0.4 is 5.32 Å². The Morgan fingerprint density at radius 1 is 1.39 bits per heavy atom. The van der Waals surface area contributed by atoms with E-state index in [0.29, 0.717) is 5.56 Å². The number of aliphatic carboxylic acids is 1. The van der Waals surface area contributed by atoms with Gasteiger partial charge >= 0.3 is 5.97 Å². The summed E-state index contributed by atoms with van der Waals surface area (Å²) in [4.78, 5) is 22.0. The number of rotatable bonds is 4. The summed E-state index contributed by atoms with van der Waals surface area (Å²) >= 11 is 0. The first-order chi connectivity index (χ1) is 8.40. The number of halogens is 1. The minimum Gasteiger partial charge on any atom is -0.478 e. The van der Waals surface area contributed by atoms with E-state index in [9.17, 15) is 14.0 Å². The summed E-state index contributed by atoms with van der Waals surface area (Å²) in [7, 11) is 0. The van der Waals surface area contributed by atoms with Crippen LogP contribution in [-0.2, 0) is 4.79 Å². The predicted molar refractivity (Wildman–Crippen MR) is 65.7 cm³/mol. The lowest BCUT2D eigenvalue weighted by Crippen LogP contribution is -2.30. The first-order valence-electron chi connectivity index (χ1n) is 5.41. The van der Waals surface area contributed by atoms with Crippen LogP contribution >= 0.6 is 0 Å². The van der Waals surface area contributed by atoms with E-state index >= 15 is 0 Å². The van der Waals surface area contributed by atoms with Crippen molar-refractivity contribution in [3.8, 4) is 0 Å². The number of carbonyl (C=O) groups is 2. The Morgan fingerprint density at radius 2 is 2.06 bits per heavy atom. The first-order valence-corrected chi connectivity index (χ1v) is 5.41. The number of benzene rings is 1. The normalized spacial score (nSPS) is 10.9. The maximum atomic E-state index is 13.5. The summed E-state index contributed by atoms with van der Waals surface area (Å²) < 4.78 is 13.5. The van der Waals surface area contributed by atoms with Gasteiger partial charge in [-0.15, -0.1) is 0 Å². The molecule has 0 bridgehead atoms. The van der Waals surface area contributed by atoms with Crippen molar-refractivity contribution in [2.24, 2.45) is 0 Å². The van der Waals surface area contributed by atoms with Crippen molar-refractivity contribution in [1.82, 2.24) is 5.32 Å². The third-order valence-corrected chi connectivity index (χ3v) is 2.07. The largest absolute Gasteiger partial charge is 0.478 e. The summed E-state index contributed by atoms with van der Waals surface area (Å²) in [6.45, 7) is 3.54. The van der Waals surface area contributed by atoms with Gasteiger partial charge in [-0.25, -0.2) is 9.18 Å². The van der Waals surface area contributed by atoms with Crippen LogP contribution in [0.2, 0.25) is 0 Å². The van der Waals surface area contributed by atoms with Crippen LogP contribution in [0.5, 0.6) is 0 Å². The summed E-state index contributed by atoms with van der Waals surface area (Å²) in [6, 6.07) is 3.75. The monoisotopic (exact) mass is 251 g/mol. The summed E-state index contributed by atoms with van der Waals surface area (Å²) in [5.41, 5.74) is 0.351. The fourth-order valence-corrected chi connectivity index (χ4v) is 1.33. The second-order valence-corrected chi connectivity index (χ2v) is 4.04. The maximum absolute atomic E-state index is 13.5. The SMILES string of the molecule is CC(C)NC(=O)c1cc(/C=C/C(=O)O)ccc1F. The molecule has 0 atom stereocenters. The molecule has 0 unspecified atom stereocenters. The van der Waals surface area contributed by atoms with Gasteiger partial charge in [0.15, 0.2) is 0 Å². The van der Waals surface area contributed by atoms with Crippen molar-refractivity contribution in [2.45, 2.75) is 19.9 Å². The fourth-order valence-electron chi connectivity index (χ4n) is 1.33. The molecule has 0 fully saturated rings. The third-order valence-electron chi connectivity index (χ3n) is 2.07. The van der Waals surface area contributed by atoms with Gasteiger partial charge in [0.1, 0.15) is 5.82 Å². The third kappa shape index (κ3) is 4.01. The highest BCUT2D eigenvalue weighted by molar-refractivity contribution is 5.95. The minimum absolute atomic E-state index is 0.101. The van der Waals surface area contributed by atoms with Crippen molar-refractivity contribution in [2.75, 3.05) is 0 Å². The van der Waals surface area contributed by atoms with E-state index in [0.717, 1.165) is 12.1 Å². The fraction of sp³-hybridized carbons (Fsp3) is 0.231. The van der Waals surface area contributed by atoms with E-state index in [1.165, 1.54) is 18.2 Å². The molecule has 1 rings (SSSR count). The molecule has 0 saturated carbocycles. The molecule has 0 aliphatic heterocycles. The number of hydrogen-bond acceptors (Lipinski definition) is 2. The van der Waals surface area contributed by atoms with Crippen LogP contribution in [0.25, 0.3) is 6.08 Å². The van der Waals surface area contributed by atoms with Gasteiger partial charge in [0.25, 0.3) is 5.91 Å². The molecule has 5 heteroatoms. The number of amides is 1. The molecular formula is C13H14FNO3. The number of hydrogen-bond donors (Lipinski definition) is 2. The van der Waals surface area contributed by atoms with E-state index in [2.05, 4.69) is 5.32 Å². The Balaban J connectivity index is 3.01. The molecule has 1 aromatic rings. The lowest BCUT2D eigenvalue weighted by Gasteiger charge is -2.09. The molecule has 0 radical (unpaired) electrons. The van der Waals surface area contributed by atoms with Crippen LogP contribution in [0.15, 0.2) is 24.3 Å². The second kappa shape index (κ2) is 5.95. The Bertz CT molecular complexity index is 495. The Hall–Kier alpha value is -2.17. The van der Waals surface area contributed by atoms with Crippen LogP contribution in [-0.4, -0.2) is 23.0 Å². The van der Waals surface area contributed by atoms with E-state index in [1.807, 2.05) is 0 Å². The van der Waals surface area contributed by atoms with Gasteiger partial charge in [0, 0.05) is 12.1 Å². The standard InChI is InChI=1S/C13H14FNO3/c1-8(2)15-13(18)10-7-9(3-5-11(10)14)4-6-12(16)17/h3-8H,1-2H3,(H,15,18)(H,16,17)/b6-4+. The van der Waals surface area contributed by atoms with E-state index in [4.69, 9.17) is 5.11 Å². The summed E-state index contributed by atoms with van der Waals surface area (Å²) in [6.07, 6.45) is 2.23. The molecule has 0 aromatic heterocycles. The summed E-state index contributed by atoms with van der Waals surface area (Å²) in [5, 5.41) is 11.1. The first kappa shape index (κ1) is 13.9. The van der Waals surface area contributed by atoms with Crippen molar-refractivity contribution in [1.29, 1.82) is 0 Å². The molecule has 1 amide bonds. The number of carboxylic acids is 1. The molecule has 0 spiro atoms. The van der Waals surface area contributed by atoms with Gasteiger partial charge in [0.2, 0.25) is 0 Å². The van der Waals surface area contributed by atoms with Crippen LogP contribution in [0.1, 0.15) is 29.8 Å². The molecule has 0 saturated heterocycles. The zero-order valence-electron chi connectivity index (χ0n) is 10.1. The molecule has 0 aliphatic rings. The Kier molecular flexibility index (Phi) is 4.59. The second-order valence-electron chi connectivity index (χ2n) is 4.04. The van der Waals surface area contributed by atoms with Gasteiger partial charge in [-0.3, -0.25) is 4.79 Å². The van der Waals surface area contributed by atoms with E-state index in [-0.39, 0.29) is 11.6 Å². The Labute approximate surface area is 104 Å². The van der Waals surface area contributed by atoms with E-state index in [1.54, 1.807) is 13.8 Å². The average molecular weight is 251 g/mol. The quantitative estimate of drug-likeness (QED) is 0.805. The van der Waals surface area contributed by atoms with Gasteiger partial charge < -0.3 is 10.4 Å². The maximum Gasteiger partial charge on any atom is 0.328 e. The molecule has 2 N–H and O–H groups in total. The average Bonchev–Trinajstić information content (AvgIpc) is 2.26. The van der Waals surface area contributed by atoms with Crippen molar-refractivity contribution in [3.05, 3.63) is 41.2 Å². The molecule has 0 aliphatic carbocycles. The number of nitrogens with one attached hydrogen (secondary N) is 1. The lowest BCUT2D eigenvalue weighted by atomic mass is 10.1. The van der Waals surface area contributed by atoms with E-state index < -0.39 is 17.7 Å². The van der Waals surface area contributed by atoms with Crippen molar-refractivity contribution >= 4 is 18.0 Å². The molecule has 4 nitrogen and oxygen atoms in total. The molecule has 0 heterocycles. The highest BCUT2D eigenvalue weighted by Crippen LogP contribution is 2.12. The van der Waals surface area contributed by atoms with Crippen LogP contribution in [0.4, 0.5) is 4.39 Å². The van der Waals surface area contributed by atoms with Crippen molar-refractivity contribution in [3.63, 3.8) is 0 Å². The predicted octanol–water partition coefficient (Wildman–Crippen LogP) is 2.06. The van der Waals surface area contributed by atoms with Gasteiger partial charge in [-0.2, -0.15) is 0 Å². The van der Waals surface area contributed by atoms with Crippen LogP contribution in [0, 0.1) is 5.82 Å². The molecule has 18 heavy (non-hydrogen) atoms. The zero-order chi connectivity index (χ0) is 13.7. The Morgan fingerprint density at radius 3 is 2.61 bits per heavy atom. The zero-order valence-corrected chi connectivity index (χ0v) is 10.1. The number of carboxylic acid groups (broad SMARTS) is 1.